The molecule has 1 N–H and O–H groups in total. The van der Waals surface area contributed by atoms with Crippen LogP contribution in [0.2, 0.25) is 0 Å². The number of ether oxygens (including phenoxy) is 1. The van der Waals surface area contributed by atoms with E-state index < -0.39 is 6.10 Å². The number of carbonyl (C=O) groups is 1. The molecule has 0 radical (unpaired) electrons. The Morgan fingerprint density at radius 2 is 2.11 bits per heavy atom. The van der Waals surface area contributed by atoms with Crippen molar-refractivity contribution in [2.45, 2.75) is 51.2 Å². The van der Waals surface area contributed by atoms with Gasteiger partial charge in [-0.15, -0.1) is 0 Å². The van der Waals surface area contributed by atoms with Gasteiger partial charge in [0.1, 0.15) is 5.75 Å². The van der Waals surface area contributed by atoms with E-state index in [2.05, 4.69) is 21.2 Å². The van der Waals surface area contributed by atoms with Crippen molar-refractivity contribution < 1.29 is 9.53 Å². The Kier molecular flexibility index (Phi) is 5.25. The maximum absolute atomic E-state index is 12.1. The van der Waals surface area contributed by atoms with Crippen molar-refractivity contribution in [1.82, 2.24) is 5.32 Å². The Morgan fingerprint density at radius 1 is 1.37 bits per heavy atom. The van der Waals surface area contributed by atoms with Gasteiger partial charge in [0.05, 0.1) is 0 Å². The van der Waals surface area contributed by atoms with Crippen LogP contribution in [-0.4, -0.2) is 18.1 Å². The van der Waals surface area contributed by atoms with Crippen LogP contribution in [0.4, 0.5) is 0 Å². The first kappa shape index (κ1) is 14.4. The third-order valence-electron chi connectivity index (χ3n) is 3.43. The molecule has 0 heterocycles. The van der Waals surface area contributed by atoms with Crippen molar-refractivity contribution in [1.29, 1.82) is 0 Å². The monoisotopic (exact) mass is 325 g/mol. The molecule has 0 aromatic heterocycles. The minimum Gasteiger partial charge on any atom is -0.481 e. The van der Waals surface area contributed by atoms with Gasteiger partial charge in [-0.3, -0.25) is 4.79 Å². The summed E-state index contributed by atoms with van der Waals surface area (Å²) in [7, 11) is 0. The molecular weight excluding hydrogens is 306 g/mol. The molecule has 1 aliphatic carbocycles. The van der Waals surface area contributed by atoms with E-state index in [1.165, 1.54) is 19.3 Å². The fourth-order valence-electron chi connectivity index (χ4n) is 2.36. The number of benzene rings is 1. The molecule has 2 rings (SSSR count). The number of hydrogen-bond donors (Lipinski definition) is 1. The van der Waals surface area contributed by atoms with E-state index in [1.807, 2.05) is 24.3 Å². The Hall–Kier alpha value is -1.03. The number of nitrogens with one attached hydrogen (secondary N) is 1. The molecule has 1 atom stereocenters. The van der Waals surface area contributed by atoms with Crippen LogP contribution in [0.3, 0.4) is 0 Å². The second-order valence-electron chi connectivity index (χ2n) is 5.06. The van der Waals surface area contributed by atoms with Crippen molar-refractivity contribution >= 4 is 21.8 Å². The molecule has 1 saturated carbocycles. The molecule has 3 nitrogen and oxygen atoms in total. The zero-order chi connectivity index (χ0) is 13.7. The lowest BCUT2D eigenvalue weighted by atomic mass is 9.95. The summed E-state index contributed by atoms with van der Waals surface area (Å²) in [6.07, 6.45) is 5.44. The van der Waals surface area contributed by atoms with Crippen LogP contribution in [0, 0.1) is 0 Å². The zero-order valence-electron chi connectivity index (χ0n) is 11.2. The summed E-state index contributed by atoms with van der Waals surface area (Å²) in [5.74, 6) is 0.688. The van der Waals surface area contributed by atoms with Crippen LogP contribution >= 0.6 is 15.9 Å². The van der Waals surface area contributed by atoms with Crippen molar-refractivity contribution in [3.63, 3.8) is 0 Å². The molecule has 4 heteroatoms. The maximum Gasteiger partial charge on any atom is 0.260 e. The second kappa shape index (κ2) is 6.94. The van der Waals surface area contributed by atoms with Crippen LogP contribution in [0.5, 0.6) is 5.75 Å². The van der Waals surface area contributed by atoms with Gasteiger partial charge in [0.25, 0.3) is 5.91 Å². The average Bonchev–Trinajstić information content (AvgIpc) is 2.40. The molecule has 104 valence electrons. The number of carbonyl (C=O) groups excluding carboxylic acids is 1. The smallest absolute Gasteiger partial charge is 0.260 e. The molecule has 1 fully saturated rings. The molecule has 1 aromatic carbocycles. The molecule has 19 heavy (non-hydrogen) atoms. The van der Waals surface area contributed by atoms with Crippen molar-refractivity contribution in [2.75, 3.05) is 0 Å². The lowest BCUT2D eigenvalue weighted by molar-refractivity contribution is -0.128. The third-order valence-corrected chi connectivity index (χ3v) is 3.92. The number of halogens is 1. The SMILES string of the molecule is C[C@H](Oc1cccc(Br)c1)C(=O)NC1CCCCC1. The topological polar surface area (TPSA) is 38.3 Å². The Balaban J connectivity index is 1.84. The summed E-state index contributed by atoms with van der Waals surface area (Å²) in [6, 6.07) is 7.87. The molecule has 0 spiro atoms. The van der Waals surface area contributed by atoms with Gasteiger partial charge < -0.3 is 10.1 Å². The molecule has 0 unspecified atom stereocenters. The fraction of sp³-hybridized carbons (Fsp3) is 0.533. The van der Waals surface area contributed by atoms with Crippen molar-refractivity contribution in [3.8, 4) is 5.75 Å². The van der Waals surface area contributed by atoms with Crippen LogP contribution in [0.25, 0.3) is 0 Å². The van der Waals surface area contributed by atoms with E-state index in [0.717, 1.165) is 17.3 Å². The largest absolute Gasteiger partial charge is 0.481 e. The molecule has 0 bridgehead atoms. The first-order valence-electron chi connectivity index (χ1n) is 6.88. The second-order valence-corrected chi connectivity index (χ2v) is 5.98. The van der Waals surface area contributed by atoms with E-state index in [0.29, 0.717) is 11.8 Å². The number of amides is 1. The molecular formula is C15H20BrNO2. The highest BCUT2D eigenvalue weighted by molar-refractivity contribution is 9.10. The standard InChI is InChI=1S/C15H20BrNO2/c1-11(19-14-9-5-6-12(16)10-14)15(18)17-13-7-3-2-4-8-13/h5-6,9-11,13H,2-4,7-8H2,1H3,(H,17,18)/t11-/m0/s1. The molecule has 1 amide bonds. The predicted molar refractivity (Wildman–Crippen MR) is 79.2 cm³/mol. The molecule has 0 aliphatic heterocycles. The normalized spacial score (nSPS) is 17.8. The predicted octanol–water partition coefficient (Wildman–Crippen LogP) is 3.67. The Morgan fingerprint density at radius 3 is 2.79 bits per heavy atom. The summed E-state index contributed by atoms with van der Waals surface area (Å²) in [6.45, 7) is 1.79. The fourth-order valence-corrected chi connectivity index (χ4v) is 2.74. The van der Waals surface area contributed by atoms with Gasteiger partial charge in [-0.25, -0.2) is 0 Å². The van der Waals surface area contributed by atoms with Crippen LogP contribution < -0.4 is 10.1 Å². The van der Waals surface area contributed by atoms with E-state index in [-0.39, 0.29) is 5.91 Å². The molecule has 1 aliphatic rings. The Labute approximate surface area is 122 Å². The van der Waals surface area contributed by atoms with Gasteiger partial charge in [-0.2, -0.15) is 0 Å². The quantitative estimate of drug-likeness (QED) is 0.917. The minimum absolute atomic E-state index is 0.0214. The van der Waals surface area contributed by atoms with Crippen molar-refractivity contribution in [3.05, 3.63) is 28.7 Å². The van der Waals surface area contributed by atoms with Gasteiger partial charge >= 0.3 is 0 Å². The summed E-state index contributed by atoms with van der Waals surface area (Å²) in [5, 5.41) is 3.08. The highest BCUT2D eigenvalue weighted by Crippen LogP contribution is 2.20. The van der Waals surface area contributed by atoms with Crippen LogP contribution in [0.1, 0.15) is 39.0 Å². The maximum atomic E-state index is 12.1. The van der Waals surface area contributed by atoms with Gasteiger partial charge in [0.15, 0.2) is 6.10 Å². The first-order chi connectivity index (χ1) is 9.15. The van der Waals surface area contributed by atoms with Gasteiger partial charge in [-0.05, 0) is 38.0 Å². The highest BCUT2D eigenvalue weighted by Gasteiger charge is 2.20. The lowest BCUT2D eigenvalue weighted by Gasteiger charge is -2.24. The summed E-state index contributed by atoms with van der Waals surface area (Å²) >= 11 is 3.39. The van der Waals surface area contributed by atoms with E-state index >= 15 is 0 Å². The van der Waals surface area contributed by atoms with E-state index in [9.17, 15) is 4.79 Å². The van der Waals surface area contributed by atoms with Gasteiger partial charge in [0, 0.05) is 10.5 Å². The van der Waals surface area contributed by atoms with Gasteiger partial charge in [-0.1, -0.05) is 41.3 Å². The molecule has 0 saturated heterocycles. The summed E-state index contributed by atoms with van der Waals surface area (Å²) < 4.78 is 6.61. The van der Waals surface area contributed by atoms with E-state index in [1.54, 1.807) is 6.92 Å². The van der Waals surface area contributed by atoms with E-state index in [4.69, 9.17) is 4.74 Å². The van der Waals surface area contributed by atoms with Crippen LogP contribution in [0.15, 0.2) is 28.7 Å². The average molecular weight is 326 g/mol. The summed E-state index contributed by atoms with van der Waals surface area (Å²) in [4.78, 5) is 12.1. The lowest BCUT2D eigenvalue weighted by Crippen LogP contribution is -2.43. The summed E-state index contributed by atoms with van der Waals surface area (Å²) in [5.41, 5.74) is 0. The van der Waals surface area contributed by atoms with Gasteiger partial charge in [0.2, 0.25) is 0 Å². The first-order valence-corrected chi connectivity index (χ1v) is 7.67. The highest BCUT2D eigenvalue weighted by atomic mass is 79.9. The number of rotatable bonds is 4. The Bertz CT molecular complexity index is 430. The number of hydrogen-bond acceptors (Lipinski definition) is 2. The molecule has 1 aromatic rings. The zero-order valence-corrected chi connectivity index (χ0v) is 12.8. The minimum atomic E-state index is -0.462. The van der Waals surface area contributed by atoms with Crippen LogP contribution in [-0.2, 0) is 4.79 Å². The third kappa shape index (κ3) is 4.53. The van der Waals surface area contributed by atoms with Crippen molar-refractivity contribution in [2.24, 2.45) is 0 Å².